The van der Waals surface area contributed by atoms with Gasteiger partial charge in [0, 0.05) is 0 Å². The molecule has 0 saturated carbocycles. The minimum absolute atomic E-state index is 0.00805. The van der Waals surface area contributed by atoms with Crippen molar-refractivity contribution in [3.05, 3.63) is 53.2 Å². The fourth-order valence-corrected chi connectivity index (χ4v) is 4.26. The number of hydrogen-bond acceptors (Lipinski definition) is 5. The predicted octanol–water partition coefficient (Wildman–Crippen LogP) is 4.02. The van der Waals surface area contributed by atoms with Crippen molar-refractivity contribution >= 4 is 34.9 Å². The lowest BCUT2D eigenvalue weighted by Crippen LogP contribution is -2.45. The zero-order valence-corrected chi connectivity index (χ0v) is 16.8. The van der Waals surface area contributed by atoms with E-state index in [1.165, 1.54) is 11.8 Å². The van der Waals surface area contributed by atoms with E-state index >= 15 is 0 Å². The summed E-state index contributed by atoms with van der Waals surface area (Å²) in [6, 6.07) is 9.29. The van der Waals surface area contributed by atoms with Crippen molar-refractivity contribution in [1.82, 2.24) is 4.90 Å². The van der Waals surface area contributed by atoms with Crippen LogP contribution in [0.3, 0.4) is 0 Å². The molecule has 1 aromatic carbocycles. The summed E-state index contributed by atoms with van der Waals surface area (Å²) >= 11 is 1.47. The first kappa shape index (κ1) is 19.4. The molecule has 1 fully saturated rings. The first-order valence-corrected chi connectivity index (χ1v) is 10.0. The van der Waals surface area contributed by atoms with E-state index in [1.807, 2.05) is 63.3 Å². The first-order valence-electron chi connectivity index (χ1n) is 9.15. The molecule has 2 aliphatic rings. The van der Waals surface area contributed by atoms with Crippen LogP contribution in [0.2, 0.25) is 0 Å². The maximum absolute atomic E-state index is 12.9. The summed E-state index contributed by atoms with van der Waals surface area (Å²) in [5, 5.41) is 0.498. The Hall–Kier alpha value is -2.34. The number of benzene rings is 1. The van der Waals surface area contributed by atoms with Crippen LogP contribution < -0.4 is 0 Å². The number of carbonyl (C=O) groups is 2. The Balaban J connectivity index is 2.02. The van der Waals surface area contributed by atoms with Gasteiger partial charge < -0.3 is 4.74 Å². The number of allylic oxidation sites excluding steroid dienone is 1. The standard InChI is InChI=1S/C21H24N2O3S/c1-5-17-19(24)23-16(12-11-15-9-7-6-8-10-15)18(20(25)26-13(2)3)14(4)22-21(23)27-17/h6-13,16-17H,5H2,1-4H3. The topological polar surface area (TPSA) is 59.0 Å². The van der Waals surface area contributed by atoms with Gasteiger partial charge in [0.1, 0.15) is 0 Å². The van der Waals surface area contributed by atoms with Crippen LogP contribution in [-0.2, 0) is 14.3 Å². The number of amidine groups is 1. The Labute approximate surface area is 164 Å². The molecule has 2 unspecified atom stereocenters. The Kier molecular flexibility index (Phi) is 5.85. The third kappa shape index (κ3) is 4.00. The van der Waals surface area contributed by atoms with Gasteiger partial charge in [0.05, 0.1) is 28.7 Å². The molecule has 0 N–H and O–H groups in total. The fraction of sp³-hybridized carbons (Fsp3) is 0.381. The average Bonchev–Trinajstić information content (AvgIpc) is 2.95. The van der Waals surface area contributed by atoms with E-state index in [-0.39, 0.29) is 17.3 Å². The fourth-order valence-electron chi connectivity index (χ4n) is 3.12. The van der Waals surface area contributed by atoms with Crippen molar-refractivity contribution in [2.45, 2.75) is 51.5 Å². The number of esters is 1. The smallest absolute Gasteiger partial charge is 0.338 e. The van der Waals surface area contributed by atoms with Crippen LogP contribution in [-0.4, -0.2) is 39.3 Å². The SMILES string of the molecule is CCC1SC2=NC(C)=C(C(=O)OC(C)C)C(C=Cc3ccccc3)N2C1=O. The van der Waals surface area contributed by atoms with Crippen LogP contribution in [0, 0.1) is 0 Å². The summed E-state index contributed by atoms with van der Waals surface area (Å²) in [6.07, 6.45) is 4.30. The van der Waals surface area contributed by atoms with Gasteiger partial charge in [-0.15, -0.1) is 0 Å². The average molecular weight is 385 g/mol. The first-order chi connectivity index (χ1) is 12.9. The Morgan fingerprint density at radius 3 is 2.67 bits per heavy atom. The Bertz CT molecular complexity index is 827. The molecule has 1 amide bonds. The highest BCUT2D eigenvalue weighted by molar-refractivity contribution is 8.15. The summed E-state index contributed by atoms with van der Waals surface area (Å²) in [5.41, 5.74) is 2.03. The molecule has 6 heteroatoms. The Morgan fingerprint density at radius 2 is 2.04 bits per heavy atom. The summed E-state index contributed by atoms with van der Waals surface area (Å²) in [7, 11) is 0. The number of amides is 1. The Morgan fingerprint density at radius 1 is 1.33 bits per heavy atom. The van der Waals surface area contributed by atoms with E-state index < -0.39 is 12.0 Å². The van der Waals surface area contributed by atoms with Crippen LogP contribution in [0.25, 0.3) is 6.08 Å². The molecule has 2 aliphatic heterocycles. The monoisotopic (exact) mass is 384 g/mol. The van der Waals surface area contributed by atoms with E-state index in [9.17, 15) is 9.59 Å². The molecular weight excluding hydrogens is 360 g/mol. The van der Waals surface area contributed by atoms with Crippen molar-refractivity contribution in [1.29, 1.82) is 0 Å². The highest BCUT2D eigenvalue weighted by Crippen LogP contribution is 2.38. The van der Waals surface area contributed by atoms with Crippen molar-refractivity contribution < 1.29 is 14.3 Å². The van der Waals surface area contributed by atoms with Gasteiger partial charge in [0.15, 0.2) is 5.17 Å². The van der Waals surface area contributed by atoms with Gasteiger partial charge in [-0.2, -0.15) is 0 Å². The quantitative estimate of drug-likeness (QED) is 0.720. The molecular formula is C21H24N2O3S. The zero-order chi connectivity index (χ0) is 19.6. The zero-order valence-electron chi connectivity index (χ0n) is 16.0. The number of ether oxygens (including phenoxy) is 1. The molecule has 0 aliphatic carbocycles. The number of hydrogen-bond donors (Lipinski definition) is 0. The number of nitrogens with zero attached hydrogens (tertiary/aromatic N) is 2. The second-order valence-electron chi connectivity index (χ2n) is 6.79. The number of thioether (sulfide) groups is 1. The molecule has 5 nitrogen and oxygen atoms in total. The van der Waals surface area contributed by atoms with Crippen molar-refractivity contribution in [3.8, 4) is 0 Å². The predicted molar refractivity (Wildman–Crippen MR) is 109 cm³/mol. The van der Waals surface area contributed by atoms with E-state index in [4.69, 9.17) is 4.74 Å². The van der Waals surface area contributed by atoms with Crippen molar-refractivity contribution in [3.63, 3.8) is 0 Å². The third-order valence-corrected chi connectivity index (χ3v) is 5.72. The molecule has 1 saturated heterocycles. The van der Waals surface area contributed by atoms with E-state index in [0.29, 0.717) is 16.4 Å². The molecule has 2 atom stereocenters. The van der Waals surface area contributed by atoms with Gasteiger partial charge in [0.25, 0.3) is 0 Å². The van der Waals surface area contributed by atoms with Crippen LogP contribution in [0.5, 0.6) is 0 Å². The minimum Gasteiger partial charge on any atom is -0.459 e. The largest absolute Gasteiger partial charge is 0.459 e. The summed E-state index contributed by atoms with van der Waals surface area (Å²) in [4.78, 5) is 31.8. The maximum Gasteiger partial charge on any atom is 0.338 e. The lowest BCUT2D eigenvalue weighted by molar-refractivity contribution is -0.143. The van der Waals surface area contributed by atoms with Crippen molar-refractivity contribution in [2.24, 2.45) is 4.99 Å². The molecule has 142 valence electrons. The maximum atomic E-state index is 12.9. The van der Waals surface area contributed by atoms with Gasteiger partial charge in [0.2, 0.25) is 5.91 Å². The van der Waals surface area contributed by atoms with Crippen LogP contribution >= 0.6 is 11.8 Å². The second kappa shape index (κ2) is 8.13. The van der Waals surface area contributed by atoms with Crippen LogP contribution in [0.1, 0.15) is 39.7 Å². The summed E-state index contributed by atoms with van der Waals surface area (Å²) in [5.74, 6) is -0.433. The third-order valence-electron chi connectivity index (χ3n) is 4.40. The molecule has 27 heavy (non-hydrogen) atoms. The van der Waals surface area contributed by atoms with Crippen LogP contribution in [0.4, 0.5) is 0 Å². The molecule has 2 heterocycles. The van der Waals surface area contributed by atoms with Gasteiger partial charge >= 0.3 is 5.97 Å². The molecule has 3 rings (SSSR count). The van der Waals surface area contributed by atoms with Gasteiger partial charge in [-0.05, 0) is 32.8 Å². The molecule has 1 aromatic rings. The highest BCUT2D eigenvalue weighted by atomic mass is 32.2. The van der Waals surface area contributed by atoms with Crippen molar-refractivity contribution in [2.75, 3.05) is 0 Å². The number of carbonyl (C=O) groups excluding carboxylic acids is 2. The van der Waals surface area contributed by atoms with Gasteiger partial charge in [-0.25, -0.2) is 9.79 Å². The molecule has 0 spiro atoms. The normalized spacial score (nSPS) is 22.5. The second-order valence-corrected chi connectivity index (χ2v) is 7.96. The molecule has 0 aromatic heterocycles. The molecule has 0 bridgehead atoms. The van der Waals surface area contributed by atoms with Gasteiger partial charge in [-0.3, -0.25) is 9.69 Å². The lowest BCUT2D eigenvalue weighted by Gasteiger charge is -2.31. The van der Waals surface area contributed by atoms with Crippen LogP contribution in [0.15, 0.2) is 52.7 Å². The molecule has 0 radical (unpaired) electrons. The number of aliphatic imine (C=N–C) groups is 1. The minimum atomic E-state index is -0.513. The summed E-state index contributed by atoms with van der Waals surface area (Å²) in [6.45, 7) is 7.40. The highest BCUT2D eigenvalue weighted by Gasteiger charge is 2.45. The van der Waals surface area contributed by atoms with E-state index in [2.05, 4.69) is 4.99 Å². The van der Waals surface area contributed by atoms with E-state index in [1.54, 1.807) is 11.8 Å². The van der Waals surface area contributed by atoms with E-state index in [0.717, 1.165) is 12.0 Å². The summed E-state index contributed by atoms with van der Waals surface area (Å²) < 4.78 is 5.43. The number of rotatable bonds is 5. The van der Waals surface area contributed by atoms with Gasteiger partial charge in [-0.1, -0.05) is 61.2 Å². The number of fused-ring (bicyclic) bond motifs is 1. The lowest BCUT2D eigenvalue weighted by atomic mass is 10.00.